The SMILES string of the molecule is Cc1ccc(S(=O)(=O)Nc2nccc(Cl)n2)cc1C(N)=O. The Morgan fingerprint density at radius 2 is 2.05 bits per heavy atom. The highest BCUT2D eigenvalue weighted by molar-refractivity contribution is 7.92. The van der Waals surface area contributed by atoms with E-state index < -0.39 is 15.9 Å². The van der Waals surface area contributed by atoms with Crippen LogP contribution in [0.3, 0.4) is 0 Å². The molecule has 1 aromatic carbocycles. The second-order valence-corrected chi connectivity index (χ2v) is 6.22. The number of halogens is 1. The van der Waals surface area contributed by atoms with Crippen LogP contribution in [0.2, 0.25) is 5.15 Å². The lowest BCUT2D eigenvalue weighted by atomic mass is 10.1. The summed E-state index contributed by atoms with van der Waals surface area (Å²) in [6.45, 7) is 1.66. The minimum absolute atomic E-state index is 0.101. The van der Waals surface area contributed by atoms with Crippen LogP contribution in [-0.2, 0) is 10.0 Å². The number of sulfonamides is 1. The van der Waals surface area contributed by atoms with Gasteiger partial charge in [-0.05, 0) is 30.7 Å². The summed E-state index contributed by atoms with van der Waals surface area (Å²) in [5, 5.41) is 0.101. The van der Waals surface area contributed by atoms with Crippen LogP contribution in [0.15, 0.2) is 35.4 Å². The van der Waals surface area contributed by atoms with Crippen LogP contribution in [-0.4, -0.2) is 24.3 Å². The largest absolute Gasteiger partial charge is 0.366 e. The highest BCUT2D eigenvalue weighted by atomic mass is 35.5. The van der Waals surface area contributed by atoms with Gasteiger partial charge in [0.1, 0.15) is 5.15 Å². The van der Waals surface area contributed by atoms with Gasteiger partial charge in [-0.15, -0.1) is 0 Å². The zero-order valence-electron chi connectivity index (χ0n) is 10.9. The van der Waals surface area contributed by atoms with Gasteiger partial charge >= 0.3 is 0 Å². The van der Waals surface area contributed by atoms with Crippen molar-refractivity contribution in [2.45, 2.75) is 11.8 Å². The molecule has 0 saturated carbocycles. The molecule has 1 amide bonds. The van der Waals surface area contributed by atoms with Crippen molar-refractivity contribution in [3.05, 3.63) is 46.7 Å². The van der Waals surface area contributed by atoms with Crippen LogP contribution in [0.1, 0.15) is 15.9 Å². The summed E-state index contributed by atoms with van der Waals surface area (Å²) < 4.78 is 26.6. The van der Waals surface area contributed by atoms with Crippen LogP contribution in [0.4, 0.5) is 5.95 Å². The van der Waals surface area contributed by atoms with Crippen molar-refractivity contribution >= 4 is 33.5 Å². The monoisotopic (exact) mass is 326 g/mol. The number of nitrogens with one attached hydrogen (secondary N) is 1. The zero-order valence-corrected chi connectivity index (χ0v) is 12.4. The fraction of sp³-hybridized carbons (Fsp3) is 0.0833. The lowest BCUT2D eigenvalue weighted by Crippen LogP contribution is -2.18. The molecule has 0 aliphatic carbocycles. The Bertz CT molecular complexity index is 808. The fourth-order valence-corrected chi connectivity index (χ4v) is 2.71. The lowest BCUT2D eigenvalue weighted by Gasteiger charge is -2.09. The van der Waals surface area contributed by atoms with Gasteiger partial charge in [-0.3, -0.25) is 4.79 Å². The number of primary amides is 1. The van der Waals surface area contributed by atoms with E-state index in [1.807, 2.05) is 0 Å². The topological polar surface area (TPSA) is 115 Å². The Kier molecular flexibility index (Phi) is 4.10. The van der Waals surface area contributed by atoms with E-state index in [0.29, 0.717) is 5.56 Å². The quantitative estimate of drug-likeness (QED) is 0.822. The summed E-state index contributed by atoms with van der Waals surface area (Å²) >= 11 is 5.66. The molecule has 0 fully saturated rings. The first-order valence-corrected chi connectivity index (χ1v) is 7.57. The summed E-state index contributed by atoms with van der Waals surface area (Å²) in [7, 11) is -3.94. The molecule has 0 bridgehead atoms. The Morgan fingerprint density at radius 1 is 1.33 bits per heavy atom. The predicted octanol–water partition coefficient (Wildman–Crippen LogP) is 1.34. The number of rotatable bonds is 4. The maximum Gasteiger partial charge on any atom is 0.264 e. The molecule has 0 aliphatic rings. The predicted molar refractivity (Wildman–Crippen MR) is 77.5 cm³/mol. The van der Waals surface area contributed by atoms with Crippen molar-refractivity contribution in [2.75, 3.05) is 4.72 Å². The molecule has 0 atom stereocenters. The van der Waals surface area contributed by atoms with Crippen molar-refractivity contribution in [3.8, 4) is 0 Å². The first-order valence-electron chi connectivity index (χ1n) is 5.71. The molecule has 1 heterocycles. The second-order valence-electron chi connectivity index (χ2n) is 4.15. The summed E-state index contributed by atoms with van der Waals surface area (Å²) in [6, 6.07) is 5.46. The number of anilines is 1. The third kappa shape index (κ3) is 3.47. The zero-order chi connectivity index (χ0) is 15.6. The molecule has 0 radical (unpaired) electrons. The molecular weight excluding hydrogens is 316 g/mol. The molecule has 3 N–H and O–H groups in total. The molecule has 21 heavy (non-hydrogen) atoms. The number of aromatic nitrogens is 2. The van der Waals surface area contributed by atoms with Crippen molar-refractivity contribution in [2.24, 2.45) is 5.73 Å². The lowest BCUT2D eigenvalue weighted by molar-refractivity contribution is 0.0999. The maximum atomic E-state index is 12.2. The first kappa shape index (κ1) is 15.2. The summed E-state index contributed by atoms with van der Waals surface area (Å²) in [6.07, 6.45) is 1.32. The Hall–Kier alpha value is -2.19. The van der Waals surface area contributed by atoms with Crippen LogP contribution in [0.25, 0.3) is 0 Å². The summed E-state index contributed by atoms with van der Waals surface area (Å²) in [4.78, 5) is 18.6. The molecule has 1 aromatic heterocycles. The smallest absolute Gasteiger partial charge is 0.264 e. The number of benzene rings is 1. The van der Waals surface area contributed by atoms with Crippen molar-refractivity contribution < 1.29 is 13.2 Å². The number of nitrogens with two attached hydrogens (primary N) is 1. The average Bonchev–Trinajstić information content (AvgIpc) is 2.38. The average molecular weight is 327 g/mol. The van der Waals surface area contributed by atoms with Crippen LogP contribution >= 0.6 is 11.6 Å². The molecule has 0 spiro atoms. The molecule has 2 rings (SSSR count). The highest BCUT2D eigenvalue weighted by Gasteiger charge is 2.18. The number of carbonyl (C=O) groups is 1. The van der Waals surface area contributed by atoms with Gasteiger partial charge in [0.25, 0.3) is 10.0 Å². The molecule has 0 saturated heterocycles. The van der Waals surface area contributed by atoms with E-state index in [1.54, 1.807) is 6.92 Å². The molecule has 0 unspecified atom stereocenters. The number of aryl methyl sites for hydroxylation is 1. The van der Waals surface area contributed by atoms with Crippen LogP contribution < -0.4 is 10.5 Å². The fourth-order valence-electron chi connectivity index (χ4n) is 1.60. The molecular formula is C12H11ClN4O3S. The Morgan fingerprint density at radius 3 is 2.67 bits per heavy atom. The normalized spacial score (nSPS) is 11.1. The van der Waals surface area contributed by atoms with Gasteiger partial charge in [0.2, 0.25) is 11.9 Å². The van der Waals surface area contributed by atoms with Crippen LogP contribution in [0, 0.1) is 6.92 Å². The van der Waals surface area contributed by atoms with E-state index in [1.165, 1.54) is 30.5 Å². The van der Waals surface area contributed by atoms with Gasteiger partial charge in [-0.1, -0.05) is 17.7 Å². The molecule has 9 heteroatoms. The van der Waals surface area contributed by atoms with Gasteiger partial charge in [0, 0.05) is 11.8 Å². The van der Waals surface area contributed by atoms with Gasteiger partial charge in [0.05, 0.1) is 4.90 Å². The highest BCUT2D eigenvalue weighted by Crippen LogP contribution is 2.18. The Balaban J connectivity index is 2.40. The van der Waals surface area contributed by atoms with Crippen molar-refractivity contribution in [1.29, 1.82) is 0 Å². The maximum absolute atomic E-state index is 12.2. The van der Waals surface area contributed by atoms with E-state index >= 15 is 0 Å². The number of nitrogens with zero attached hydrogens (tertiary/aromatic N) is 2. The standard InChI is InChI=1S/C12H11ClN4O3S/c1-7-2-3-8(6-9(7)11(14)18)21(19,20)17-12-15-5-4-10(13)16-12/h2-6H,1H3,(H2,14,18)(H,15,16,17). The first-order chi connectivity index (χ1) is 9.79. The second kappa shape index (κ2) is 5.66. The summed E-state index contributed by atoms with van der Waals surface area (Å²) in [5.74, 6) is -0.868. The van der Waals surface area contributed by atoms with E-state index in [0.717, 1.165) is 0 Å². The third-order valence-electron chi connectivity index (χ3n) is 2.63. The van der Waals surface area contributed by atoms with Crippen LogP contribution in [0.5, 0.6) is 0 Å². The van der Waals surface area contributed by atoms with Crippen molar-refractivity contribution in [1.82, 2.24) is 9.97 Å². The summed E-state index contributed by atoms with van der Waals surface area (Å²) in [5.41, 5.74) is 5.92. The van der Waals surface area contributed by atoms with E-state index in [4.69, 9.17) is 17.3 Å². The third-order valence-corrected chi connectivity index (χ3v) is 4.17. The van der Waals surface area contributed by atoms with E-state index in [9.17, 15) is 13.2 Å². The van der Waals surface area contributed by atoms with E-state index in [2.05, 4.69) is 14.7 Å². The Labute approximate surface area is 126 Å². The van der Waals surface area contributed by atoms with E-state index in [-0.39, 0.29) is 21.6 Å². The molecule has 110 valence electrons. The number of hydrogen-bond donors (Lipinski definition) is 2. The number of hydrogen-bond acceptors (Lipinski definition) is 5. The van der Waals surface area contributed by atoms with Crippen molar-refractivity contribution in [3.63, 3.8) is 0 Å². The molecule has 2 aromatic rings. The molecule has 0 aliphatic heterocycles. The van der Waals surface area contributed by atoms with Gasteiger partial charge in [-0.25, -0.2) is 23.1 Å². The minimum atomic E-state index is -3.94. The van der Waals surface area contributed by atoms with Gasteiger partial charge < -0.3 is 5.73 Å². The number of amides is 1. The minimum Gasteiger partial charge on any atom is -0.366 e. The number of carbonyl (C=O) groups excluding carboxylic acids is 1. The molecule has 7 nitrogen and oxygen atoms in total. The van der Waals surface area contributed by atoms with Gasteiger partial charge in [-0.2, -0.15) is 0 Å². The van der Waals surface area contributed by atoms with Gasteiger partial charge in [0.15, 0.2) is 0 Å².